The van der Waals surface area contributed by atoms with E-state index in [9.17, 15) is 19.2 Å². The molecule has 2 rings (SSSR count). The number of ether oxygens (including phenoxy) is 1. The fraction of sp³-hybridized carbons (Fsp3) is 0.389. The molecule has 9 nitrogen and oxygen atoms in total. The van der Waals surface area contributed by atoms with E-state index in [1.54, 1.807) is 45.2 Å². The van der Waals surface area contributed by atoms with Gasteiger partial charge in [-0.2, -0.15) is 0 Å². The van der Waals surface area contributed by atoms with Crippen molar-refractivity contribution in [2.75, 3.05) is 6.61 Å². The number of carbonyl (C=O) groups is 3. The molecule has 0 unspecified atom stereocenters. The molecule has 144 valence electrons. The van der Waals surface area contributed by atoms with Gasteiger partial charge in [-0.15, -0.1) is 0 Å². The Bertz CT molecular complexity index is 920. The fourth-order valence-corrected chi connectivity index (χ4v) is 2.38. The zero-order valence-corrected chi connectivity index (χ0v) is 15.4. The minimum atomic E-state index is -0.724. The van der Waals surface area contributed by atoms with Crippen LogP contribution in [0.5, 0.6) is 0 Å². The summed E-state index contributed by atoms with van der Waals surface area (Å²) in [6, 6.07) is 6.18. The predicted molar refractivity (Wildman–Crippen MR) is 98.1 cm³/mol. The van der Waals surface area contributed by atoms with Gasteiger partial charge in [0.05, 0.1) is 17.3 Å². The van der Waals surface area contributed by atoms with Crippen molar-refractivity contribution in [2.45, 2.75) is 32.7 Å². The molecule has 27 heavy (non-hydrogen) atoms. The lowest BCUT2D eigenvalue weighted by molar-refractivity contribution is -0.148. The molecule has 2 N–H and O–H groups in total. The number of amides is 3. The van der Waals surface area contributed by atoms with Crippen LogP contribution in [0.2, 0.25) is 0 Å². The van der Waals surface area contributed by atoms with Crippen LogP contribution in [0, 0.1) is 0 Å². The molecule has 0 saturated carbocycles. The molecule has 0 spiro atoms. The van der Waals surface area contributed by atoms with Crippen LogP contribution in [-0.4, -0.2) is 40.1 Å². The lowest BCUT2D eigenvalue weighted by Crippen LogP contribution is -2.44. The number of rotatable bonds is 6. The van der Waals surface area contributed by atoms with Crippen molar-refractivity contribution in [1.82, 2.24) is 20.2 Å². The summed E-state index contributed by atoms with van der Waals surface area (Å²) in [6.07, 6.45) is 0.134. The van der Waals surface area contributed by atoms with Crippen molar-refractivity contribution in [2.24, 2.45) is 7.05 Å². The molecule has 0 aliphatic heterocycles. The lowest BCUT2D eigenvalue weighted by atomic mass is 10.2. The van der Waals surface area contributed by atoms with Crippen LogP contribution in [-0.2, 0) is 27.8 Å². The first-order valence-electron chi connectivity index (χ1n) is 8.48. The second-order valence-corrected chi connectivity index (χ2v) is 6.25. The number of nitrogens with zero attached hydrogens (tertiary/aromatic N) is 2. The van der Waals surface area contributed by atoms with E-state index in [1.807, 2.05) is 0 Å². The van der Waals surface area contributed by atoms with E-state index in [2.05, 4.69) is 15.6 Å². The largest absolute Gasteiger partial charge is 0.456 e. The molecule has 0 saturated heterocycles. The number of hydrogen-bond donors (Lipinski definition) is 2. The second-order valence-electron chi connectivity index (χ2n) is 6.25. The number of fused-ring (bicyclic) bond motifs is 1. The van der Waals surface area contributed by atoms with Gasteiger partial charge in [-0.05, 0) is 26.0 Å². The van der Waals surface area contributed by atoms with E-state index in [4.69, 9.17) is 4.74 Å². The van der Waals surface area contributed by atoms with Gasteiger partial charge in [-0.1, -0.05) is 12.1 Å². The maximum Gasteiger partial charge on any atom is 0.321 e. The summed E-state index contributed by atoms with van der Waals surface area (Å²) in [4.78, 5) is 51.4. The summed E-state index contributed by atoms with van der Waals surface area (Å²) >= 11 is 0. The Morgan fingerprint density at radius 1 is 1.22 bits per heavy atom. The minimum absolute atomic E-state index is 0.0515. The van der Waals surface area contributed by atoms with Crippen LogP contribution < -0.4 is 16.2 Å². The summed E-state index contributed by atoms with van der Waals surface area (Å²) in [7, 11) is 1.59. The Hall–Kier alpha value is -3.23. The van der Waals surface area contributed by atoms with E-state index >= 15 is 0 Å². The molecular weight excluding hydrogens is 352 g/mol. The Morgan fingerprint density at radius 2 is 1.93 bits per heavy atom. The Labute approximate surface area is 155 Å². The fourth-order valence-electron chi connectivity index (χ4n) is 2.38. The molecule has 0 atom stereocenters. The lowest BCUT2D eigenvalue weighted by Gasteiger charge is -2.10. The third-order valence-electron chi connectivity index (χ3n) is 3.67. The average molecular weight is 374 g/mol. The topological polar surface area (TPSA) is 119 Å². The smallest absolute Gasteiger partial charge is 0.321 e. The maximum atomic E-state index is 12.3. The molecular formula is C18H22N4O5. The molecule has 0 radical (unpaired) electrons. The third-order valence-corrected chi connectivity index (χ3v) is 3.67. The van der Waals surface area contributed by atoms with Crippen molar-refractivity contribution >= 4 is 28.8 Å². The first-order chi connectivity index (χ1) is 12.8. The first-order valence-corrected chi connectivity index (χ1v) is 8.48. The van der Waals surface area contributed by atoms with Crippen molar-refractivity contribution in [3.05, 3.63) is 40.4 Å². The molecule has 0 fully saturated rings. The molecule has 2 aromatic rings. The number of hydrogen-bond acceptors (Lipinski definition) is 6. The number of imide groups is 1. The van der Waals surface area contributed by atoms with Crippen LogP contribution in [0.1, 0.15) is 26.1 Å². The number of carbonyl (C=O) groups excluding carboxylic acids is 3. The van der Waals surface area contributed by atoms with E-state index < -0.39 is 24.5 Å². The number of aryl methyl sites for hydroxylation is 1. The normalized spacial score (nSPS) is 10.7. The highest BCUT2D eigenvalue weighted by molar-refractivity contribution is 5.95. The van der Waals surface area contributed by atoms with E-state index in [0.717, 1.165) is 0 Å². The van der Waals surface area contributed by atoms with Gasteiger partial charge >= 0.3 is 12.0 Å². The Kier molecular flexibility index (Phi) is 6.64. The van der Waals surface area contributed by atoms with Gasteiger partial charge in [0.15, 0.2) is 6.61 Å². The molecule has 3 amide bonds. The van der Waals surface area contributed by atoms with Crippen LogP contribution in [0.15, 0.2) is 29.1 Å². The van der Waals surface area contributed by atoms with E-state index in [0.29, 0.717) is 16.7 Å². The molecule has 1 aromatic carbocycles. The van der Waals surface area contributed by atoms with Crippen LogP contribution in [0.4, 0.5) is 4.79 Å². The van der Waals surface area contributed by atoms with Crippen LogP contribution in [0.25, 0.3) is 10.9 Å². The van der Waals surface area contributed by atoms with E-state index in [1.165, 1.54) is 4.57 Å². The van der Waals surface area contributed by atoms with Crippen LogP contribution in [0.3, 0.4) is 0 Å². The van der Waals surface area contributed by atoms with Gasteiger partial charge in [0.25, 0.3) is 11.5 Å². The summed E-state index contributed by atoms with van der Waals surface area (Å²) in [5.74, 6) is -0.911. The molecule has 9 heteroatoms. The molecule has 0 aliphatic rings. The zero-order valence-electron chi connectivity index (χ0n) is 15.4. The van der Waals surface area contributed by atoms with Crippen LogP contribution >= 0.6 is 0 Å². The van der Waals surface area contributed by atoms with Crippen molar-refractivity contribution in [1.29, 1.82) is 0 Å². The molecule has 1 heterocycles. The number of urea groups is 1. The highest BCUT2D eigenvalue weighted by atomic mass is 16.5. The number of aromatic nitrogens is 2. The summed E-state index contributed by atoms with van der Waals surface area (Å²) in [6.45, 7) is 2.94. The van der Waals surface area contributed by atoms with Gasteiger partial charge in [0.2, 0.25) is 0 Å². The number of benzene rings is 1. The average Bonchev–Trinajstić information content (AvgIpc) is 2.61. The Balaban J connectivity index is 1.88. The number of esters is 1. The maximum absolute atomic E-state index is 12.3. The highest BCUT2D eigenvalue weighted by Gasteiger charge is 2.13. The van der Waals surface area contributed by atoms with Gasteiger partial charge in [0.1, 0.15) is 5.82 Å². The van der Waals surface area contributed by atoms with Gasteiger partial charge < -0.3 is 10.1 Å². The summed E-state index contributed by atoms with van der Waals surface area (Å²) in [5, 5.41) is 5.04. The SMILES string of the molecule is CC(C)NC(=O)NC(=O)COC(=O)CCc1nc2ccccc2c(=O)n1C. The summed E-state index contributed by atoms with van der Waals surface area (Å²) in [5.41, 5.74) is 0.360. The van der Waals surface area contributed by atoms with Crippen molar-refractivity contribution in [3.63, 3.8) is 0 Å². The summed E-state index contributed by atoms with van der Waals surface area (Å²) < 4.78 is 6.23. The van der Waals surface area contributed by atoms with Gasteiger partial charge in [-0.25, -0.2) is 9.78 Å². The van der Waals surface area contributed by atoms with Crippen molar-refractivity contribution < 1.29 is 19.1 Å². The number of para-hydroxylation sites is 1. The molecule has 1 aromatic heterocycles. The standard InChI is InChI=1S/C18H22N4O5/c1-11(2)19-18(26)21-15(23)10-27-16(24)9-8-14-20-13-7-5-4-6-12(13)17(25)22(14)3/h4-7,11H,8-10H2,1-3H3,(H2,19,21,23,26). The second kappa shape index (κ2) is 8.93. The Morgan fingerprint density at radius 3 is 2.63 bits per heavy atom. The molecule has 0 aliphatic carbocycles. The van der Waals surface area contributed by atoms with E-state index in [-0.39, 0.29) is 24.4 Å². The monoisotopic (exact) mass is 374 g/mol. The van der Waals surface area contributed by atoms with Gasteiger partial charge in [-0.3, -0.25) is 24.3 Å². The molecule has 0 bridgehead atoms. The zero-order chi connectivity index (χ0) is 20.0. The number of nitrogens with one attached hydrogen (secondary N) is 2. The highest BCUT2D eigenvalue weighted by Crippen LogP contribution is 2.08. The third kappa shape index (κ3) is 5.63. The first kappa shape index (κ1) is 20.1. The quantitative estimate of drug-likeness (QED) is 0.716. The predicted octanol–water partition coefficient (Wildman–Crippen LogP) is 0.643. The minimum Gasteiger partial charge on any atom is -0.456 e. The van der Waals surface area contributed by atoms with Gasteiger partial charge in [0, 0.05) is 19.5 Å². The van der Waals surface area contributed by atoms with Crippen molar-refractivity contribution in [3.8, 4) is 0 Å².